The average Bonchev–Trinajstić information content (AvgIpc) is 1.77. The van der Waals surface area contributed by atoms with Crippen molar-refractivity contribution in [3.8, 4) is 44.6 Å². The van der Waals surface area contributed by atoms with Gasteiger partial charge in [0.15, 0.2) is 5.78 Å². The van der Waals surface area contributed by atoms with Gasteiger partial charge in [-0.05, 0) is 167 Å². The maximum Gasteiger partial charge on any atom is 0.155 e. The summed E-state index contributed by atoms with van der Waals surface area (Å²) < 4.78 is 38.6. The van der Waals surface area contributed by atoms with E-state index in [0.29, 0.717) is 11.4 Å². The van der Waals surface area contributed by atoms with Gasteiger partial charge in [-0.1, -0.05) is 209 Å². The van der Waals surface area contributed by atoms with E-state index in [0.717, 1.165) is 137 Å². The minimum absolute atomic E-state index is 0. The van der Waals surface area contributed by atoms with Gasteiger partial charge in [-0.3, -0.25) is 18.6 Å². The van der Waals surface area contributed by atoms with Crippen LogP contribution >= 0.6 is 0 Å². The number of fused-ring (bicyclic) bond motifs is 8. The Bertz CT molecular complexity index is 6700. The van der Waals surface area contributed by atoms with E-state index < -0.39 is 11.6 Å². The van der Waals surface area contributed by atoms with Gasteiger partial charge in [0, 0.05) is 132 Å². The Morgan fingerprint density at radius 2 is 0.962 bits per heavy atom. The SMILES string of the molecule is CC(=O)C=C(C)O.CC([NH-])=CC(C)=Nc1ccccc1.CN1C=CN(c2[c-]ccc3c2oc2ccccc23)[CH-]1.CN1C=CN(c2[c-]ccc3c2oc2ccccc23)[CH-]1.Fc1c[c-]c(-c2nccc3ccccc23)c(F)c1.[Ir].[Ir].[Ir].[Ir].[c-]1ccccc1-c1[c-]c2ccc(-c3ccccc3)cc2c(-c2ccccc2)c1.[c-]1ccccc1N1C=CN(CCCN2C=CN(c3[c-]cccc3)[CH-]2)[CH-]1. The molecule has 15 nitrogen and oxygen atoms in total. The van der Waals surface area contributed by atoms with Crippen molar-refractivity contribution in [3.63, 3.8) is 0 Å². The molecular formula is C112H91F2Ir4N11O4-12. The topological polar surface area (TPSA) is 139 Å². The van der Waals surface area contributed by atoms with E-state index >= 15 is 0 Å². The smallest absolute Gasteiger partial charge is 0.155 e. The van der Waals surface area contributed by atoms with Crippen LogP contribution in [0.4, 0.5) is 37.2 Å². The number of rotatable bonds is 15. The van der Waals surface area contributed by atoms with Crippen molar-refractivity contribution in [1.29, 1.82) is 0 Å². The standard InChI is InChI=1S/C28H18.C21H20N4.2C16H12N2O.C15H8F2N.C11H13N2.C5H8O2.4Ir/c1-4-10-21(11-5-1)24-16-17-25-18-26(22-12-6-2-7-13-22)20-27(28(25)19-24)23-14-8-3-9-15-23;1-3-8-20(9-4-1)24-16-14-22(18-24)12-7-13-23-15-17-25(19-23)21-10-5-2-6-11-21;2*1-17-9-10-18(11-17)14-7-4-6-13-12-5-2-3-8-15(12)19-16(13)14;16-11-5-6-13(14(17)9-11)15-12-4-2-1-3-10(12)7-8-18-15;1-9(12)8-10(2)13-11-6-4-3-5-7-11;1-4(6)3-5(2)7;;;;/h1-12,14-17,19-20H;1-6,8,10,14-19H,7,12-13H2;2*2-6,8-11H,1H3;1-5,7-9H;3-8,12H,1-2H3;3,6H,1-2H3;;;;/q-2;-4;2*-2;2*-1;;;;;. The number of nitrogens with zero attached hydrogens (tertiary/aromatic N) is 10. The number of benzene rings is 14. The summed E-state index contributed by atoms with van der Waals surface area (Å²) >= 11 is 0. The number of anilines is 4. The Labute approximate surface area is 830 Å². The number of ketones is 1. The molecule has 4 aliphatic rings. The Kier molecular flexibility index (Phi) is 37.0. The Balaban J connectivity index is 0.000000153. The summed E-state index contributed by atoms with van der Waals surface area (Å²) in [4.78, 5) is 35.1. The first-order valence-electron chi connectivity index (χ1n) is 42.0. The number of hydrogen-bond donors (Lipinski definition) is 1. The summed E-state index contributed by atoms with van der Waals surface area (Å²) in [5, 5.41) is 17.0. The van der Waals surface area contributed by atoms with Crippen LogP contribution in [0.3, 0.4) is 0 Å². The molecule has 2 N–H and O–H groups in total. The van der Waals surface area contributed by atoms with Crippen molar-refractivity contribution in [3.05, 3.63) is 469 Å². The average molecular weight is 2460 g/mol. The molecule has 0 spiro atoms. The third-order valence-corrected chi connectivity index (χ3v) is 20.6. The number of furan rings is 2. The minimum atomic E-state index is -0.654. The fourth-order valence-corrected chi connectivity index (χ4v) is 14.7. The number of carbonyl (C=O) groups is 1. The molecule has 0 atom stereocenters. The van der Waals surface area contributed by atoms with E-state index in [1.165, 1.54) is 47.6 Å². The minimum Gasteiger partial charge on any atom is -0.702 e. The number of aromatic nitrogens is 1. The number of aliphatic hydroxyl groups is 1. The number of halogens is 2. The van der Waals surface area contributed by atoms with Crippen LogP contribution in [-0.2, 0) is 85.2 Å². The molecule has 21 heteroatoms. The van der Waals surface area contributed by atoms with Crippen LogP contribution in [0.15, 0.2) is 397 Å². The van der Waals surface area contributed by atoms with Gasteiger partial charge in [-0.15, -0.1) is 41.0 Å². The number of aliphatic imine (C=N–C) groups is 1. The molecule has 680 valence electrons. The number of allylic oxidation sites excluding steroid dienone is 4. The Morgan fingerprint density at radius 1 is 0.459 bits per heavy atom. The summed E-state index contributed by atoms with van der Waals surface area (Å²) in [6.45, 7) is 16.7. The number of aliphatic hydroxyl groups excluding tert-OH is 1. The number of para-hydroxylation sites is 5. The van der Waals surface area contributed by atoms with Gasteiger partial charge in [-0.2, -0.15) is 171 Å². The molecule has 4 aliphatic heterocycles. The second kappa shape index (κ2) is 49.2. The molecule has 17 aromatic rings. The summed E-state index contributed by atoms with van der Waals surface area (Å²) in [6, 6.07) is 122. The molecule has 14 aromatic carbocycles. The van der Waals surface area contributed by atoms with E-state index in [1.807, 2.05) is 255 Å². The first kappa shape index (κ1) is 100. The molecule has 0 fully saturated rings. The van der Waals surface area contributed by atoms with Crippen LogP contribution < -0.4 is 19.6 Å². The molecule has 0 saturated carbocycles. The zero-order valence-corrected chi connectivity index (χ0v) is 83.0. The van der Waals surface area contributed by atoms with E-state index in [9.17, 15) is 13.6 Å². The maximum atomic E-state index is 13.8. The number of carbonyl (C=O) groups excluding carboxylic acids is 1. The van der Waals surface area contributed by atoms with Crippen LogP contribution in [0, 0.1) is 80.8 Å². The van der Waals surface area contributed by atoms with Gasteiger partial charge in [0.05, 0.1) is 11.4 Å². The molecule has 0 unspecified atom stereocenters. The van der Waals surface area contributed by atoms with E-state index in [4.69, 9.17) is 19.7 Å². The molecule has 0 amide bonds. The summed E-state index contributed by atoms with van der Waals surface area (Å²) in [6.07, 6.45) is 21.9. The van der Waals surface area contributed by atoms with E-state index in [-0.39, 0.29) is 97.5 Å². The predicted octanol–water partition coefficient (Wildman–Crippen LogP) is 27.4. The number of nitrogens with one attached hydrogen (secondary N) is 1. The monoisotopic (exact) mass is 2460 g/mol. The third kappa shape index (κ3) is 26.7. The van der Waals surface area contributed by atoms with E-state index in [2.05, 4.69) is 225 Å². The van der Waals surface area contributed by atoms with Crippen molar-refractivity contribution in [2.45, 2.75) is 34.1 Å². The molecular weight excluding hydrogens is 2370 g/mol. The fraction of sp³-hybridized carbons (Fsp3) is 0.0804. The van der Waals surface area contributed by atoms with Crippen LogP contribution in [0.25, 0.3) is 116 Å². The van der Waals surface area contributed by atoms with Gasteiger partial charge < -0.3 is 63.9 Å². The quantitative estimate of drug-likeness (QED) is 0.0451. The maximum absolute atomic E-state index is 13.8. The molecule has 133 heavy (non-hydrogen) atoms. The summed E-state index contributed by atoms with van der Waals surface area (Å²) in [7, 11) is 3.99. The molecule has 0 aliphatic carbocycles. The van der Waals surface area contributed by atoms with Crippen molar-refractivity contribution >= 4 is 105 Å². The molecule has 0 saturated heterocycles. The summed E-state index contributed by atoms with van der Waals surface area (Å²) in [5.41, 5.74) is 24.8. The molecule has 4 radical (unpaired) electrons. The molecule has 3 aromatic heterocycles. The largest absolute Gasteiger partial charge is 0.702 e. The second-order valence-corrected chi connectivity index (χ2v) is 30.4. The fourth-order valence-electron chi connectivity index (χ4n) is 14.7. The van der Waals surface area contributed by atoms with Gasteiger partial charge in [0.2, 0.25) is 0 Å². The zero-order valence-electron chi connectivity index (χ0n) is 73.4. The van der Waals surface area contributed by atoms with Gasteiger partial charge in [0.1, 0.15) is 11.2 Å². The van der Waals surface area contributed by atoms with Gasteiger partial charge in [-0.25, -0.2) is 5.56 Å². The first-order valence-corrected chi connectivity index (χ1v) is 42.0. The van der Waals surface area contributed by atoms with Crippen LogP contribution in [0.5, 0.6) is 0 Å². The van der Waals surface area contributed by atoms with Crippen LogP contribution in [-0.4, -0.2) is 68.4 Å². The second-order valence-electron chi connectivity index (χ2n) is 30.4. The Hall–Kier alpha value is -13.4. The summed E-state index contributed by atoms with van der Waals surface area (Å²) in [5.74, 6) is -1.36. The van der Waals surface area contributed by atoms with Crippen molar-refractivity contribution in [2.24, 2.45) is 4.99 Å². The number of hydrogen-bond acceptors (Lipinski definition) is 14. The molecule has 7 heterocycles. The predicted molar refractivity (Wildman–Crippen MR) is 521 cm³/mol. The van der Waals surface area contributed by atoms with Crippen LogP contribution in [0.2, 0.25) is 0 Å². The normalized spacial score (nSPS) is 13.0. The molecule has 0 bridgehead atoms. The Morgan fingerprint density at radius 3 is 1.46 bits per heavy atom. The van der Waals surface area contributed by atoms with Crippen LogP contribution in [0.1, 0.15) is 34.1 Å². The van der Waals surface area contributed by atoms with Gasteiger partial charge >= 0.3 is 0 Å². The van der Waals surface area contributed by atoms with Gasteiger partial charge in [0.25, 0.3) is 0 Å². The third-order valence-electron chi connectivity index (χ3n) is 20.6. The van der Waals surface area contributed by atoms with E-state index in [1.54, 1.807) is 19.2 Å². The molecule has 21 rings (SSSR count). The van der Waals surface area contributed by atoms with Crippen molar-refractivity contribution in [1.82, 2.24) is 24.6 Å². The zero-order chi connectivity index (χ0) is 89.4. The number of pyridine rings is 1. The first-order chi connectivity index (χ1) is 63.0. The van der Waals surface area contributed by atoms with Crippen molar-refractivity contribution < 1.29 is 108 Å². The van der Waals surface area contributed by atoms with Crippen molar-refractivity contribution in [2.75, 3.05) is 46.8 Å².